The first kappa shape index (κ1) is 9.84. The number of benzene rings is 2. The highest BCUT2D eigenvalue weighted by Gasteiger charge is 2.08. The molecule has 0 aliphatic carbocycles. The van der Waals surface area contributed by atoms with E-state index in [4.69, 9.17) is 9.47 Å². The van der Waals surface area contributed by atoms with Crippen molar-refractivity contribution in [2.45, 2.75) is 0 Å². The predicted molar refractivity (Wildman–Crippen MR) is 61.5 cm³/mol. The summed E-state index contributed by atoms with van der Waals surface area (Å²) in [4.78, 5) is 0. The molecule has 2 aromatic carbocycles. The van der Waals surface area contributed by atoms with Crippen LogP contribution in [-0.4, -0.2) is 14.2 Å². The van der Waals surface area contributed by atoms with E-state index in [-0.39, 0.29) is 0 Å². The highest BCUT2D eigenvalue weighted by atomic mass is 16.5. The number of hydrogen-bond donors (Lipinski definition) is 0. The highest BCUT2D eigenvalue weighted by Crippen LogP contribution is 2.34. The van der Waals surface area contributed by atoms with Gasteiger partial charge in [-0.15, -0.1) is 0 Å². The summed E-state index contributed by atoms with van der Waals surface area (Å²) < 4.78 is 10.6. The predicted octanol–water partition coefficient (Wildman–Crippen LogP) is 3.04. The molecule has 0 bridgehead atoms. The lowest BCUT2D eigenvalue weighted by Gasteiger charge is -2.12. The zero-order valence-corrected chi connectivity index (χ0v) is 8.91. The summed E-state index contributed by atoms with van der Waals surface area (Å²) in [7, 11) is 3.29. The minimum atomic E-state index is 0.755. The fraction of sp³-hybridized carbons (Fsp3) is 0.154. The molecule has 2 nitrogen and oxygen atoms in total. The summed E-state index contributed by atoms with van der Waals surface area (Å²) in [6.45, 7) is 4.01. The Balaban J connectivity index is 2.84. The van der Waals surface area contributed by atoms with Crippen molar-refractivity contribution in [2.24, 2.45) is 0 Å². The molecule has 2 aromatic rings. The molecule has 0 unspecified atom stereocenters. The molecule has 1 radical (unpaired) electrons. The molecule has 0 amide bonds. The van der Waals surface area contributed by atoms with Gasteiger partial charge in [0, 0.05) is 17.0 Å². The Bertz CT molecular complexity index is 489. The minimum absolute atomic E-state index is 0.755. The van der Waals surface area contributed by atoms with Crippen LogP contribution in [0.1, 0.15) is 5.56 Å². The molecule has 0 aliphatic heterocycles. The third-order valence-corrected chi connectivity index (χ3v) is 2.52. The summed E-state index contributed by atoms with van der Waals surface area (Å²) in [6.07, 6.45) is 0. The van der Waals surface area contributed by atoms with Gasteiger partial charge in [-0.05, 0) is 12.3 Å². The van der Waals surface area contributed by atoms with Crippen LogP contribution >= 0.6 is 0 Å². The molecule has 2 heteroatoms. The van der Waals surface area contributed by atoms with Crippen molar-refractivity contribution < 1.29 is 9.47 Å². The second-order valence-electron chi connectivity index (χ2n) is 3.31. The van der Waals surface area contributed by atoms with E-state index in [1.165, 1.54) is 0 Å². The molecule has 77 valence electrons. The average molecular weight is 201 g/mol. The Morgan fingerprint density at radius 2 is 1.53 bits per heavy atom. The van der Waals surface area contributed by atoms with Crippen molar-refractivity contribution in [1.82, 2.24) is 0 Å². The summed E-state index contributed by atoms with van der Waals surface area (Å²) in [6, 6.07) is 9.86. The molecule has 15 heavy (non-hydrogen) atoms. The van der Waals surface area contributed by atoms with Gasteiger partial charge in [-0.25, -0.2) is 0 Å². The molecule has 0 N–H and O–H groups in total. The van der Waals surface area contributed by atoms with E-state index in [9.17, 15) is 0 Å². The van der Waals surface area contributed by atoms with E-state index in [0.717, 1.165) is 27.8 Å². The zero-order valence-electron chi connectivity index (χ0n) is 8.91. The van der Waals surface area contributed by atoms with E-state index < -0.39 is 0 Å². The van der Waals surface area contributed by atoms with Crippen molar-refractivity contribution in [2.75, 3.05) is 14.2 Å². The smallest absolute Gasteiger partial charge is 0.130 e. The quantitative estimate of drug-likeness (QED) is 0.743. The molecule has 0 fully saturated rings. The van der Waals surface area contributed by atoms with Crippen molar-refractivity contribution >= 4 is 10.8 Å². The third kappa shape index (κ3) is 1.52. The van der Waals surface area contributed by atoms with Gasteiger partial charge in [-0.2, -0.15) is 0 Å². The normalized spacial score (nSPS) is 10.3. The van der Waals surface area contributed by atoms with Gasteiger partial charge >= 0.3 is 0 Å². The molecule has 0 atom stereocenters. The van der Waals surface area contributed by atoms with Crippen molar-refractivity contribution in [3.8, 4) is 11.5 Å². The van der Waals surface area contributed by atoms with E-state index in [2.05, 4.69) is 6.92 Å². The summed E-state index contributed by atoms with van der Waals surface area (Å²) in [5, 5.41) is 2.12. The van der Waals surface area contributed by atoms with Gasteiger partial charge in [0.2, 0.25) is 0 Å². The van der Waals surface area contributed by atoms with Gasteiger partial charge < -0.3 is 9.47 Å². The fourth-order valence-corrected chi connectivity index (χ4v) is 1.73. The summed E-state index contributed by atoms with van der Waals surface area (Å²) in [5.41, 5.74) is 0.897. The molecule has 0 saturated carbocycles. The van der Waals surface area contributed by atoms with Gasteiger partial charge in [-0.1, -0.05) is 24.3 Å². The summed E-state index contributed by atoms with van der Waals surface area (Å²) in [5.74, 6) is 1.57. The average Bonchev–Trinajstić information content (AvgIpc) is 2.30. The molecular formula is C13H13O2. The molecular weight excluding hydrogens is 188 g/mol. The van der Waals surface area contributed by atoms with Gasteiger partial charge in [0.25, 0.3) is 0 Å². The van der Waals surface area contributed by atoms with E-state index in [0.29, 0.717) is 0 Å². The number of fused-ring (bicyclic) bond motifs is 1. The Morgan fingerprint density at radius 3 is 2.13 bits per heavy atom. The number of hydrogen-bond acceptors (Lipinski definition) is 2. The first-order chi connectivity index (χ1) is 7.27. The second-order valence-corrected chi connectivity index (χ2v) is 3.31. The molecule has 2 rings (SSSR count). The maximum atomic E-state index is 5.32. The van der Waals surface area contributed by atoms with Crippen LogP contribution in [0.4, 0.5) is 0 Å². The Morgan fingerprint density at radius 1 is 0.933 bits per heavy atom. The van der Waals surface area contributed by atoms with Crippen LogP contribution < -0.4 is 9.47 Å². The van der Waals surface area contributed by atoms with Gasteiger partial charge in [-0.3, -0.25) is 0 Å². The molecule has 0 spiro atoms. The first-order valence-electron chi connectivity index (χ1n) is 4.73. The Kier molecular flexibility index (Phi) is 2.50. The zero-order chi connectivity index (χ0) is 10.8. The Hall–Kier alpha value is -1.70. The molecule has 0 saturated heterocycles. The Labute approximate surface area is 89.4 Å². The van der Waals surface area contributed by atoms with Crippen LogP contribution in [-0.2, 0) is 0 Å². The monoisotopic (exact) mass is 201 g/mol. The van der Waals surface area contributed by atoms with E-state index in [1.807, 2.05) is 30.3 Å². The van der Waals surface area contributed by atoms with E-state index in [1.54, 1.807) is 14.2 Å². The van der Waals surface area contributed by atoms with Crippen molar-refractivity contribution in [3.05, 3.63) is 42.8 Å². The van der Waals surface area contributed by atoms with Crippen LogP contribution in [0.5, 0.6) is 11.5 Å². The maximum Gasteiger partial charge on any atom is 0.130 e. The SMILES string of the molecule is [CH2]c1c(OC)cc(OC)c2ccccc12. The lowest BCUT2D eigenvalue weighted by molar-refractivity contribution is 0.397. The molecule has 0 heterocycles. The topological polar surface area (TPSA) is 18.5 Å². The van der Waals surface area contributed by atoms with Crippen LogP contribution in [0.25, 0.3) is 10.8 Å². The lowest BCUT2D eigenvalue weighted by Crippen LogP contribution is -1.92. The van der Waals surface area contributed by atoms with Crippen LogP contribution in [0.3, 0.4) is 0 Å². The van der Waals surface area contributed by atoms with Crippen LogP contribution in [0, 0.1) is 6.92 Å². The fourth-order valence-electron chi connectivity index (χ4n) is 1.73. The standard InChI is InChI=1S/C13H13O2/c1-9-10-6-4-5-7-11(10)13(15-3)8-12(9)14-2/h4-8H,1H2,2-3H3. The first-order valence-corrected chi connectivity index (χ1v) is 4.73. The molecule has 0 aromatic heterocycles. The number of rotatable bonds is 2. The van der Waals surface area contributed by atoms with Gasteiger partial charge in [0.15, 0.2) is 0 Å². The minimum Gasteiger partial charge on any atom is -0.496 e. The lowest BCUT2D eigenvalue weighted by atomic mass is 10.0. The third-order valence-electron chi connectivity index (χ3n) is 2.52. The van der Waals surface area contributed by atoms with Crippen LogP contribution in [0.2, 0.25) is 0 Å². The van der Waals surface area contributed by atoms with Crippen molar-refractivity contribution in [1.29, 1.82) is 0 Å². The largest absolute Gasteiger partial charge is 0.496 e. The van der Waals surface area contributed by atoms with Gasteiger partial charge in [0.05, 0.1) is 14.2 Å². The molecule has 0 aliphatic rings. The number of methoxy groups -OCH3 is 2. The van der Waals surface area contributed by atoms with Crippen LogP contribution in [0.15, 0.2) is 30.3 Å². The second kappa shape index (κ2) is 3.81. The highest BCUT2D eigenvalue weighted by molar-refractivity contribution is 5.93. The summed E-state index contributed by atoms with van der Waals surface area (Å²) >= 11 is 0. The maximum absolute atomic E-state index is 5.32. The van der Waals surface area contributed by atoms with Gasteiger partial charge in [0.1, 0.15) is 11.5 Å². The number of ether oxygens (including phenoxy) is 2. The van der Waals surface area contributed by atoms with Crippen molar-refractivity contribution in [3.63, 3.8) is 0 Å². The van der Waals surface area contributed by atoms with E-state index >= 15 is 0 Å².